The molecule has 0 spiro atoms. The monoisotopic (exact) mass is 188 g/mol. The van der Waals surface area contributed by atoms with Gasteiger partial charge in [0, 0.05) is 13.1 Å². The first-order valence-electron chi connectivity index (χ1n) is 2.64. The molecule has 54 valence electrons. The second kappa shape index (κ2) is 2.81. The fraction of sp³-hybridized carbons (Fsp3) is 1.00. The Kier molecular flexibility index (Phi) is 2.46. The van der Waals surface area contributed by atoms with Crippen molar-refractivity contribution in [2.24, 2.45) is 0 Å². The molecule has 0 saturated carbocycles. The number of nitrogens with one attached hydrogen (secondary N) is 2. The molecule has 0 radical (unpaired) electrons. The van der Waals surface area contributed by atoms with Gasteiger partial charge >= 0.3 is 0 Å². The van der Waals surface area contributed by atoms with Crippen LogP contribution in [-0.4, -0.2) is 23.0 Å². The summed E-state index contributed by atoms with van der Waals surface area (Å²) in [7, 11) is 0. The van der Waals surface area contributed by atoms with Gasteiger partial charge in [-0.05, 0) is 0 Å². The Hall–Kier alpha value is 0.790. The van der Waals surface area contributed by atoms with Crippen molar-refractivity contribution < 1.29 is 0 Å². The first-order chi connectivity index (χ1) is 4.11. The van der Waals surface area contributed by atoms with Crippen molar-refractivity contribution in [3.05, 3.63) is 0 Å². The Bertz CT molecular complexity index is 94.5. The van der Waals surface area contributed by atoms with E-state index in [0.29, 0.717) is 0 Å². The second-order valence-electron chi connectivity index (χ2n) is 1.88. The lowest BCUT2D eigenvalue weighted by atomic mass is 10.6. The van der Waals surface area contributed by atoms with Crippen LogP contribution in [0, 0.1) is 0 Å². The molecule has 0 bridgehead atoms. The van der Waals surface area contributed by atoms with Crippen LogP contribution in [0.15, 0.2) is 0 Å². The van der Waals surface area contributed by atoms with E-state index in [2.05, 4.69) is 10.6 Å². The van der Waals surface area contributed by atoms with Gasteiger partial charge in [-0.1, -0.05) is 34.8 Å². The van der Waals surface area contributed by atoms with Crippen molar-refractivity contribution in [1.82, 2.24) is 10.6 Å². The van der Waals surface area contributed by atoms with E-state index in [1.165, 1.54) is 0 Å². The van der Waals surface area contributed by atoms with Crippen LogP contribution >= 0.6 is 34.8 Å². The quantitative estimate of drug-likeness (QED) is 0.553. The highest BCUT2D eigenvalue weighted by Crippen LogP contribution is 2.29. The zero-order valence-electron chi connectivity index (χ0n) is 4.63. The van der Waals surface area contributed by atoms with E-state index in [9.17, 15) is 0 Å². The molecule has 5 heteroatoms. The summed E-state index contributed by atoms with van der Waals surface area (Å²) in [5, 5.41) is 5.98. The smallest absolute Gasteiger partial charge is 0.218 e. The standard InChI is InChI=1S/C4H7Cl3N2/c5-4(6,7)3-8-1-2-9-3/h3,8-9H,1-2H2. The lowest BCUT2D eigenvalue weighted by Gasteiger charge is -2.18. The van der Waals surface area contributed by atoms with Crippen LogP contribution in [0.3, 0.4) is 0 Å². The first kappa shape index (κ1) is 7.89. The van der Waals surface area contributed by atoms with Crippen LogP contribution < -0.4 is 10.6 Å². The van der Waals surface area contributed by atoms with Crippen molar-refractivity contribution in [2.45, 2.75) is 9.96 Å². The van der Waals surface area contributed by atoms with Crippen LogP contribution in [0.1, 0.15) is 0 Å². The van der Waals surface area contributed by atoms with Gasteiger partial charge in [-0.25, -0.2) is 0 Å². The molecule has 2 N–H and O–H groups in total. The van der Waals surface area contributed by atoms with E-state index in [1.54, 1.807) is 0 Å². The van der Waals surface area contributed by atoms with Crippen LogP contribution in [0.5, 0.6) is 0 Å². The molecule has 0 unspecified atom stereocenters. The molecule has 9 heavy (non-hydrogen) atoms. The lowest BCUT2D eigenvalue weighted by molar-refractivity contribution is 0.564. The van der Waals surface area contributed by atoms with Gasteiger partial charge < -0.3 is 0 Å². The molecule has 1 saturated heterocycles. The molecule has 0 atom stereocenters. The highest BCUT2D eigenvalue weighted by molar-refractivity contribution is 6.68. The van der Waals surface area contributed by atoms with Gasteiger partial charge in [0.15, 0.2) is 0 Å². The van der Waals surface area contributed by atoms with Gasteiger partial charge in [0.2, 0.25) is 3.79 Å². The summed E-state index contributed by atoms with van der Waals surface area (Å²) < 4.78 is -1.23. The summed E-state index contributed by atoms with van der Waals surface area (Å²) >= 11 is 16.6. The van der Waals surface area contributed by atoms with Gasteiger partial charge in [-0.3, -0.25) is 10.6 Å². The van der Waals surface area contributed by atoms with Crippen LogP contribution in [-0.2, 0) is 0 Å². The van der Waals surface area contributed by atoms with E-state index in [0.717, 1.165) is 13.1 Å². The lowest BCUT2D eigenvalue weighted by Crippen LogP contribution is -2.42. The maximum absolute atomic E-state index is 5.55. The predicted molar refractivity (Wildman–Crippen MR) is 40.1 cm³/mol. The van der Waals surface area contributed by atoms with Crippen molar-refractivity contribution in [3.63, 3.8) is 0 Å². The molecule has 1 fully saturated rings. The number of alkyl halides is 3. The molecular weight excluding hydrogens is 182 g/mol. The fourth-order valence-corrected chi connectivity index (χ4v) is 1.20. The summed E-state index contributed by atoms with van der Waals surface area (Å²) in [6.45, 7) is 1.72. The van der Waals surface area contributed by atoms with Crippen molar-refractivity contribution in [3.8, 4) is 0 Å². The molecule has 1 aliphatic rings. The van der Waals surface area contributed by atoms with E-state index >= 15 is 0 Å². The maximum atomic E-state index is 5.55. The van der Waals surface area contributed by atoms with Crippen molar-refractivity contribution in [1.29, 1.82) is 0 Å². The average molecular weight is 189 g/mol. The summed E-state index contributed by atoms with van der Waals surface area (Å²) in [5.41, 5.74) is 0. The normalized spacial score (nSPS) is 23.0. The van der Waals surface area contributed by atoms with Crippen molar-refractivity contribution >= 4 is 34.8 Å². The predicted octanol–water partition coefficient (Wildman–Crippen LogP) is 0.875. The number of halogens is 3. The Labute approximate surface area is 68.8 Å². The number of hydrogen-bond donors (Lipinski definition) is 2. The van der Waals surface area contributed by atoms with E-state index in [4.69, 9.17) is 34.8 Å². The van der Waals surface area contributed by atoms with Gasteiger partial charge in [0.25, 0.3) is 0 Å². The average Bonchev–Trinajstić information content (AvgIpc) is 2.08. The van der Waals surface area contributed by atoms with Gasteiger partial charge in [0.05, 0.1) is 0 Å². The molecule has 1 heterocycles. The summed E-state index contributed by atoms with van der Waals surface area (Å²) in [6.07, 6.45) is -0.192. The molecule has 0 aromatic rings. The third-order valence-electron chi connectivity index (χ3n) is 1.15. The number of hydrogen-bond acceptors (Lipinski definition) is 2. The van der Waals surface area contributed by atoms with Crippen LogP contribution in [0.2, 0.25) is 0 Å². The molecule has 0 aromatic heterocycles. The van der Waals surface area contributed by atoms with Crippen LogP contribution in [0.25, 0.3) is 0 Å². The summed E-state index contributed by atoms with van der Waals surface area (Å²) in [5.74, 6) is 0. The maximum Gasteiger partial charge on any atom is 0.218 e. The SMILES string of the molecule is ClC(Cl)(Cl)C1NCCN1. The minimum Gasteiger partial charge on any atom is -0.297 e. The third-order valence-corrected chi connectivity index (χ3v) is 1.80. The van der Waals surface area contributed by atoms with Crippen LogP contribution in [0.4, 0.5) is 0 Å². The Morgan fingerprint density at radius 3 is 1.78 bits per heavy atom. The zero-order chi connectivity index (χ0) is 6.91. The van der Waals surface area contributed by atoms with Crippen molar-refractivity contribution in [2.75, 3.05) is 13.1 Å². The molecule has 1 aliphatic heterocycles. The topological polar surface area (TPSA) is 24.1 Å². The second-order valence-corrected chi connectivity index (χ2v) is 4.25. The molecule has 0 aliphatic carbocycles. The van der Waals surface area contributed by atoms with Gasteiger partial charge in [-0.15, -0.1) is 0 Å². The van der Waals surface area contributed by atoms with E-state index in [-0.39, 0.29) is 6.17 Å². The van der Waals surface area contributed by atoms with E-state index < -0.39 is 3.79 Å². The minimum absolute atomic E-state index is 0.192. The summed E-state index contributed by atoms with van der Waals surface area (Å²) in [4.78, 5) is 0. The molecule has 1 rings (SSSR count). The van der Waals surface area contributed by atoms with E-state index in [1.807, 2.05) is 0 Å². The largest absolute Gasteiger partial charge is 0.297 e. The summed E-state index contributed by atoms with van der Waals surface area (Å²) in [6, 6.07) is 0. The molecule has 2 nitrogen and oxygen atoms in total. The third kappa shape index (κ3) is 2.13. The minimum atomic E-state index is -1.23. The first-order valence-corrected chi connectivity index (χ1v) is 3.77. The highest BCUT2D eigenvalue weighted by Gasteiger charge is 2.33. The zero-order valence-corrected chi connectivity index (χ0v) is 6.89. The molecular formula is C4H7Cl3N2. The molecule has 0 aromatic carbocycles. The number of rotatable bonds is 0. The Balaban J connectivity index is 2.42. The van der Waals surface area contributed by atoms with Gasteiger partial charge in [0.1, 0.15) is 6.17 Å². The Morgan fingerprint density at radius 2 is 1.56 bits per heavy atom. The van der Waals surface area contributed by atoms with Gasteiger partial charge in [-0.2, -0.15) is 0 Å². The molecule has 0 amide bonds. The Morgan fingerprint density at radius 1 is 1.11 bits per heavy atom. The highest BCUT2D eigenvalue weighted by atomic mass is 35.6. The fourth-order valence-electron chi connectivity index (χ4n) is 0.737.